The average Bonchev–Trinajstić information content (AvgIpc) is 3.44. The molecular weight excluding hydrogens is 398 g/mol. The minimum Gasteiger partial charge on any atom is -0.423 e. The molecule has 0 aromatic carbocycles. The van der Waals surface area contributed by atoms with Crippen LogP contribution in [0.3, 0.4) is 0 Å². The van der Waals surface area contributed by atoms with Crippen molar-refractivity contribution in [3.05, 3.63) is 34.2 Å². The first-order valence-corrected chi connectivity index (χ1v) is 11.8. The van der Waals surface area contributed by atoms with Crippen LogP contribution in [0.25, 0.3) is 0 Å². The Morgan fingerprint density at radius 1 is 1.33 bits per heavy atom. The SMILES string of the molecule is CC(C)c1nnc(C2CC3(CCN(Cc4cccs4)CC3)CN2CC(=O)N(C)C)o1. The number of hydrogen-bond acceptors (Lipinski definition) is 7. The highest BCUT2D eigenvalue weighted by Gasteiger charge is 2.48. The van der Waals surface area contributed by atoms with Crippen LogP contribution >= 0.6 is 11.3 Å². The molecule has 2 saturated heterocycles. The molecule has 0 N–H and O–H groups in total. The highest BCUT2D eigenvalue weighted by Crippen LogP contribution is 2.49. The van der Waals surface area contributed by atoms with Crippen molar-refractivity contribution >= 4 is 17.2 Å². The summed E-state index contributed by atoms with van der Waals surface area (Å²) in [6.45, 7) is 8.68. The average molecular weight is 432 g/mol. The Labute approximate surface area is 183 Å². The van der Waals surface area contributed by atoms with E-state index in [-0.39, 0.29) is 23.3 Å². The molecule has 8 heteroatoms. The van der Waals surface area contributed by atoms with Gasteiger partial charge < -0.3 is 9.32 Å². The third-order valence-electron chi connectivity index (χ3n) is 6.55. The summed E-state index contributed by atoms with van der Waals surface area (Å²) < 4.78 is 6.03. The zero-order valence-corrected chi connectivity index (χ0v) is 19.3. The standard InChI is InChI=1S/C22H33N5O2S/c1-16(2)20-23-24-21(29-20)18-12-22(15-27(18)14-19(28)25(3)4)7-9-26(10-8-22)13-17-6-5-11-30-17/h5-6,11,16,18H,7-10,12-15H2,1-4H3. The van der Waals surface area contributed by atoms with Gasteiger partial charge in [-0.3, -0.25) is 14.6 Å². The van der Waals surface area contributed by atoms with Gasteiger partial charge in [-0.15, -0.1) is 21.5 Å². The molecule has 2 aliphatic heterocycles. The lowest BCUT2D eigenvalue weighted by Crippen LogP contribution is -2.42. The third kappa shape index (κ3) is 4.60. The second-order valence-corrected chi connectivity index (χ2v) is 10.4. The molecule has 4 heterocycles. The zero-order valence-electron chi connectivity index (χ0n) is 18.5. The summed E-state index contributed by atoms with van der Waals surface area (Å²) in [5.41, 5.74) is 0.218. The smallest absolute Gasteiger partial charge is 0.236 e. The molecule has 0 aliphatic carbocycles. The fraction of sp³-hybridized carbons (Fsp3) is 0.682. The molecule has 0 bridgehead atoms. The van der Waals surface area contributed by atoms with Crippen LogP contribution in [0.15, 0.2) is 21.9 Å². The number of likely N-dealkylation sites (N-methyl/N-ethyl adjacent to an activating group) is 1. The maximum absolute atomic E-state index is 12.5. The van der Waals surface area contributed by atoms with Crippen molar-refractivity contribution in [3.8, 4) is 0 Å². The highest BCUT2D eigenvalue weighted by atomic mass is 32.1. The number of nitrogens with zero attached hydrogens (tertiary/aromatic N) is 5. The molecule has 1 amide bonds. The Bertz CT molecular complexity index is 840. The molecule has 30 heavy (non-hydrogen) atoms. The predicted molar refractivity (Wildman–Crippen MR) is 117 cm³/mol. The first-order valence-electron chi connectivity index (χ1n) is 10.9. The van der Waals surface area contributed by atoms with Gasteiger partial charge in [-0.25, -0.2) is 0 Å². The van der Waals surface area contributed by atoms with Crippen molar-refractivity contribution in [2.75, 3.05) is 40.3 Å². The fourth-order valence-electron chi connectivity index (χ4n) is 4.65. The van der Waals surface area contributed by atoms with E-state index in [9.17, 15) is 4.79 Å². The van der Waals surface area contributed by atoms with Gasteiger partial charge in [0, 0.05) is 38.0 Å². The Kier molecular flexibility index (Phi) is 6.27. The molecular formula is C22H33N5O2S. The zero-order chi connectivity index (χ0) is 21.3. The summed E-state index contributed by atoms with van der Waals surface area (Å²) in [5, 5.41) is 10.8. The van der Waals surface area contributed by atoms with Gasteiger partial charge in [0.15, 0.2) is 0 Å². The summed E-state index contributed by atoms with van der Waals surface area (Å²) in [4.78, 5) is 20.4. The number of carbonyl (C=O) groups excluding carboxylic acids is 1. The molecule has 164 valence electrons. The van der Waals surface area contributed by atoms with Crippen LogP contribution in [0.4, 0.5) is 0 Å². The van der Waals surface area contributed by atoms with E-state index in [0.29, 0.717) is 18.3 Å². The number of hydrogen-bond donors (Lipinski definition) is 0. The van der Waals surface area contributed by atoms with E-state index in [1.165, 1.54) is 4.88 Å². The van der Waals surface area contributed by atoms with E-state index in [2.05, 4.69) is 51.4 Å². The van der Waals surface area contributed by atoms with Gasteiger partial charge in [-0.05, 0) is 49.2 Å². The highest BCUT2D eigenvalue weighted by molar-refractivity contribution is 7.09. The quantitative estimate of drug-likeness (QED) is 0.699. The van der Waals surface area contributed by atoms with E-state index in [4.69, 9.17) is 4.42 Å². The van der Waals surface area contributed by atoms with Crippen molar-refractivity contribution in [1.29, 1.82) is 0 Å². The van der Waals surface area contributed by atoms with Gasteiger partial charge in [0.05, 0.1) is 12.6 Å². The van der Waals surface area contributed by atoms with Crippen LogP contribution in [0.1, 0.15) is 61.7 Å². The molecule has 2 fully saturated rings. The molecule has 0 saturated carbocycles. The number of likely N-dealkylation sites (tertiary alicyclic amines) is 2. The lowest BCUT2D eigenvalue weighted by atomic mass is 9.76. The van der Waals surface area contributed by atoms with Crippen LogP contribution in [0.5, 0.6) is 0 Å². The maximum Gasteiger partial charge on any atom is 0.236 e. The topological polar surface area (TPSA) is 65.7 Å². The molecule has 7 nitrogen and oxygen atoms in total. The van der Waals surface area contributed by atoms with Crippen LogP contribution in [-0.2, 0) is 11.3 Å². The van der Waals surface area contributed by atoms with Crippen LogP contribution in [0.2, 0.25) is 0 Å². The van der Waals surface area contributed by atoms with Crippen molar-refractivity contribution in [3.63, 3.8) is 0 Å². The van der Waals surface area contributed by atoms with Gasteiger partial charge in [-0.2, -0.15) is 0 Å². The second-order valence-electron chi connectivity index (χ2n) is 9.40. The Morgan fingerprint density at radius 3 is 2.70 bits per heavy atom. The second kappa shape index (κ2) is 8.77. The normalized spacial score (nSPS) is 22.2. The van der Waals surface area contributed by atoms with E-state index in [1.807, 2.05) is 25.4 Å². The summed E-state index contributed by atoms with van der Waals surface area (Å²) in [6, 6.07) is 4.37. The number of carbonyl (C=O) groups is 1. The summed E-state index contributed by atoms with van der Waals surface area (Å²) >= 11 is 1.83. The van der Waals surface area contributed by atoms with Crippen molar-refractivity contribution in [1.82, 2.24) is 24.9 Å². The van der Waals surface area contributed by atoms with Gasteiger partial charge in [-0.1, -0.05) is 19.9 Å². The fourth-order valence-corrected chi connectivity index (χ4v) is 5.40. The van der Waals surface area contributed by atoms with Crippen molar-refractivity contribution in [2.45, 2.75) is 51.6 Å². The number of amides is 1. The largest absolute Gasteiger partial charge is 0.423 e. The van der Waals surface area contributed by atoms with Crippen LogP contribution < -0.4 is 0 Å². The van der Waals surface area contributed by atoms with Crippen molar-refractivity contribution < 1.29 is 9.21 Å². The number of thiophene rings is 1. The van der Waals surface area contributed by atoms with Gasteiger partial charge in [0.25, 0.3) is 0 Å². The van der Waals surface area contributed by atoms with E-state index in [1.54, 1.807) is 4.90 Å². The maximum atomic E-state index is 12.5. The van der Waals surface area contributed by atoms with E-state index in [0.717, 1.165) is 45.4 Å². The summed E-state index contributed by atoms with van der Waals surface area (Å²) in [7, 11) is 3.63. The Balaban J connectivity index is 1.47. The molecule has 1 atom stereocenters. The lowest BCUT2D eigenvalue weighted by molar-refractivity contribution is -0.130. The first kappa shape index (κ1) is 21.5. The van der Waals surface area contributed by atoms with Crippen LogP contribution in [0, 0.1) is 5.41 Å². The van der Waals surface area contributed by atoms with Gasteiger partial charge >= 0.3 is 0 Å². The van der Waals surface area contributed by atoms with Gasteiger partial charge in [0.1, 0.15) is 0 Å². The van der Waals surface area contributed by atoms with E-state index >= 15 is 0 Å². The summed E-state index contributed by atoms with van der Waals surface area (Å²) in [5.74, 6) is 1.67. The molecule has 4 rings (SSSR count). The molecule has 1 unspecified atom stereocenters. The lowest BCUT2D eigenvalue weighted by Gasteiger charge is -2.39. The monoisotopic (exact) mass is 431 g/mol. The molecule has 2 aromatic rings. The van der Waals surface area contributed by atoms with E-state index < -0.39 is 0 Å². The third-order valence-corrected chi connectivity index (χ3v) is 7.42. The van der Waals surface area contributed by atoms with Crippen LogP contribution in [-0.4, -0.2) is 71.1 Å². The predicted octanol–water partition coefficient (Wildman–Crippen LogP) is 3.37. The number of rotatable bonds is 6. The number of aromatic nitrogens is 2. The molecule has 2 aliphatic rings. The molecule has 0 radical (unpaired) electrons. The van der Waals surface area contributed by atoms with Gasteiger partial charge in [0.2, 0.25) is 17.7 Å². The Morgan fingerprint density at radius 2 is 2.10 bits per heavy atom. The minimum absolute atomic E-state index is 0.0257. The minimum atomic E-state index is 0.0257. The molecule has 2 aromatic heterocycles. The number of piperidine rings is 1. The first-order chi connectivity index (χ1) is 14.3. The summed E-state index contributed by atoms with van der Waals surface area (Å²) in [6.07, 6.45) is 3.28. The molecule has 1 spiro atoms. The van der Waals surface area contributed by atoms with Crippen molar-refractivity contribution in [2.24, 2.45) is 5.41 Å². The Hall–Kier alpha value is -1.77.